The predicted octanol–water partition coefficient (Wildman–Crippen LogP) is 3.79. The Balaban J connectivity index is 1.56. The summed E-state index contributed by atoms with van der Waals surface area (Å²) in [6.45, 7) is 3.31. The lowest BCUT2D eigenvalue weighted by atomic mass is 9.84. The Hall–Kier alpha value is -1.16. The van der Waals surface area contributed by atoms with Crippen LogP contribution in [0.5, 0.6) is 0 Å². The number of piperidine rings is 1. The summed E-state index contributed by atoms with van der Waals surface area (Å²) >= 11 is 0. The van der Waals surface area contributed by atoms with E-state index in [0.717, 1.165) is 19.6 Å². The molecule has 0 aliphatic carbocycles. The molecule has 126 valence electrons. The van der Waals surface area contributed by atoms with Crippen LogP contribution in [0.15, 0.2) is 42.0 Å². The van der Waals surface area contributed by atoms with Gasteiger partial charge in [-0.05, 0) is 31.2 Å². The molecule has 23 heavy (non-hydrogen) atoms. The molecule has 1 aromatic rings. The summed E-state index contributed by atoms with van der Waals surface area (Å²) in [6.07, 6.45) is 8.84. The smallest absolute Gasteiger partial charge is 0.0700 e. The number of hydrogen-bond donors (Lipinski definition) is 0. The number of methoxy groups -OCH3 is 1. The van der Waals surface area contributed by atoms with Crippen LogP contribution in [0.3, 0.4) is 0 Å². The van der Waals surface area contributed by atoms with Crippen LogP contribution in [0.1, 0.15) is 37.7 Å². The fraction of sp³-hybridized carbons (Fsp3) is 0.600. The second kappa shape index (κ2) is 8.62. The fourth-order valence-electron chi connectivity index (χ4n) is 3.88. The third kappa shape index (κ3) is 4.66. The van der Waals surface area contributed by atoms with E-state index in [2.05, 4.69) is 41.3 Å². The maximum absolute atomic E-state index is 5.64. The first-order valence-electron chi connectivity index (χ1n) is 8.92. The van der Waals surface area contributed by atoms with Gasteiger partial charge in [0.15, 0.2) is 0 Å². The van der Waals surface area contributed by atoms with E-state index in [0.29, 0.717) is 25.3 Å². The van der Waals surface area contributed by atoms with Crippen molar-refractivity contribution in [2.75, 3.05) is 26.9 Å². The third-order valence-electron chi connectivity index (χ3n) is 5.07. The number of nitrogens with zero attached hydrogens (tertiary/aromatic N) is 1. The van der Waals surface area contributed by atoms with Crippen molar-refractivity contribution in [2.45, 2.75) is 50.7 Å². The zero-order chi connectivity index (χ0) is 15.9. The minimum atomic E-state index is 0.622. The molecule has 0 amide bonds. The lowest BCUT2D eigenvalue weighted by molar-refractivity contribution is 0.0662. The van der Waals surface area contributed by atoms with E-state index in [-0.39, 0.29) is 0 Å². The van der Waals surface area contributed by atoms with Gasteiger partial charge in [-0.25, -0.2) is 0 Å². The topological polar surface area (TPSA) is 21.7 Å². The van der Waals surface area contributed by atoms with Crippen LogP contribution in [-0.2, 0) is 16.0 Å². The molecule has 3 heteroatoms. The largest absolute Gasteiger partial charge is 0.382 e. The number of benzene rings is 1. The summed E-state index contributed by atoms with van der Waals surface area (Å²) in [5.41, 5.74) is 3.03. The highest BCUT2D eigenvalue weighted by Gasteiger charge is 2.33. The van der Waals surface area contributed by atoms with Crippen LogP contribution in [0.2, 0.25) is 0 Å². The van der Waals surface area contributed by atoms with Crippen LogP contribution in [0.25, 0.3) is 0 Å². The molecule has 3 rings (SSSR count). The molecule has 2 aliphatic rings. The van der Waals surface area contributed by atoms with Gasteiger partial charge in [0.25, 0.3) is 0 Å². The van der Waals surface area contributed by atoms with Crippen molar-refractivity contribution < 1.29 is 9.47 Å². The summed E-state index contributed by atoms with van der Waals surface area (Å²) in [6, 6.07) is 12.2. The number of ether oxygens (including phenoxy) is 2. The Morgan fingerprint density at radius 3 is 2.74 bits per heavy atom. The lowest BCUT2D eigenvalue weighted by Crippen LogP contribution is -2.48. The molecule has 0 radical (unpaired) electrons. The molecule has 1 aromatic carbocycles. The minimum absolute atomic E-state index is 0.622. The Kier molecular flexibility index (Phi) is 6.26. The first-order chi connectivity index (χ1) is 11.4. The summed E-state index contributed by atoms with van der Waals surface area (Å²) < 4.78 is 10.7. The molecule has 0 N–H and O–H groups in total. The Morgan fingerprint density at radius 1 is 1.09 bits per heavy atom. The van der Waals surface area contributed by atoms with Crippen LogP contribution in [-0.4, -0.2) is 43.9 Å². The molecular weight excluding hydrogens is 286 g/mol. The van der Waals surface area contributed by atoms with Crippen LogP contribution >= 0.6 is 0 Å². The molecule has 2 unspecified atom stereocenters. The van der Waals surface area contributed by atoms with Crippen molar-refractivity contribution >= 4 is 0 Å². The molecule has 3 nitrogen and oxygen atoms in total. The number of rotatable bonds is 8. The molecule has 0 saturated carbocycles. The average Bonchev–Trinajstić information content (AvgIpc) is 2.56. The zero-order valence-electron chi connectivity index (χ0n) is 14.2. The summed E-state index contributed by atoms with van der Waals surface area (Å²) in [5.74, 6) is 0. The van der Waals surface area contributed by atoms with Gasteiger partial charge in [-0.15, -0.1) is 0 Å². The average molecular weight is 315 g/mol. The van der Waals surface area contributed by atoms with E-state index in [4.69, 9.17) is 9.47 Å². The van der Waals surface area contributed by atoms with Crippen molar-refractivity contribution in [2.24, 2.45) is 0 Å². The van der Waals surface area contributed by atoms with E-state index < -0.39 is 0 Å². The van der Waals surface area contributed by atoms with E-state index >= 15 is 0 Å². The summed E-state index contributed by atoms with van der Waals surface area (Å²) in [7, 11) is 1.72. The second-order valence-corrected chi connectivity index (χ2v) is 6.69. The van der Waals surface area contributed by atoms with E-state index in [1.807, 2.05) is 0 Å². The fourth-order valence-corrected chi connectivity index (χ4v) is 3.88. The zero-order valence-corrected chi connectivity index (χ0v) is 14.2. The normalized spacial score (nSPS) is 24.5. The second-order valence-electron chi connectivity index (χ2n) is 6.69. The van der Waals surface area contributed by atoms with Gasteiger partial charge in [0, 0.05) is 25.7 Å². The Labute approximate surface area is 140 Å². The van der Waals surface area contributed by atoms with Gasteiger partial charge >= 0.3 is 0 Å². The van der Waals surface area contributed by atoms with Gasteiger partial charge in [-0.3, -0.25) is 4.90 Å². The molecule has 0 spiro atoms. The van der Waals surface area contributed by atoms with E-state index in [1.165, 1.54) is 31.2 Å². The Bertz CT molecular complexity index is 500. The summed E-state index contributed by atoms with van der Waals surface area (Å²) in [4.78, 5) is 2.72. The van der Waals surface area contributed by atoms with Crippen molar-refractivity contribution in [3.63, 3.8) is 0 Å². The molecule has 2 bridgehead atoms. The van der Waals surface area contributed by atoms with Gasteiger partial charge in [-0.1, -0.05) is 48.4 Å². The predicted molar refractivity (Wildman–Crippen MR) is 93.4 cm³/mol. The summed E-state index contributed by atoms with van der Waals surface area (Å²) in [5, 5.41) is 0. The maximum atomic E-state index is 5.64. The molecule has 2 atom stereocenters. The maximum Gasteiger partial charge on any atom is 0.0700 e. The molecule has 1 fully saturated rings. The van der Waals surface area contributed by atoms with Crippen molar-refractivity contribution in [3.05, 3.63) is 47.5 Å². The van der Waals surface area contributed by atoms with Crippen LogP contribution < -0.4 is 0 Å². The highest BCUT2D eigenvalue weighted by Crippen LogP contribution is 2.35. The van der Waals surface area contributed by atoms with Gasteiger partial charge in [0.1, 0.15) is 0 Å². The molecule has 2 heterocycles. The number of hydrogen-bond acceptors (Lipinski definition) is 3. The third-order valence-corrected chi connectivity index (χ3v) is 5.07. The first kappa shape index (κ1) is 16.7. The van der Waals surface area contributed by atoms with Crippen molar-refractivity contribution in [1.82, 2.24) is 4.90 Å². The first-order valence-corrected chi connectivity index (χ1v) is 8.92. The van der Waals surface area contributed by atoms with Crippen LogP contribution in [0.4, 0.5) is 0 Å². The van der Waals surface area contributed by atoms with E-state index in [1.54, 1.807) is 12.7 Å². The van der Waals surface area contributed by atoms with Gasteiger partial charge < -0.3 is 9.47 Å². The minimum Gasteiger partial charge on any atom is -0.382 e. The Morgan fingerprint density at radius 2 is 1.96 bits per heavy atom. The molecule has 0 aromatic heterocycles. The molecule has 1 saturated heterocycles. The highest BCUT2D eigenvalue weighted by molar-refractivity contribution is 5.20. The van der Waals surface area contributed by atoms with Gasteiger partial charge in [0.05, 0.1) is 19.8 Å². The van der Waals surface area contributed by atoms with Crippen molar-refractivity contribution in [1.29, 1.82) is 0 Å². The number of fused-ring (bicyclic) bond motifs is 2. The SMILES string of the molecule is COCCOCCC1=CC2CCCC(C1)N2Cc1ccccc1. The van der Waals surface area contributed by atoms with Gasteiger partial charge in [0.2, 0.25) is 0 Å². The highest BCUT2D eigenvalue weighted by atomic mass is 16.5. The monoisotopic (exact) mass is 315 g/mol. The standard InChI is InChI=1S/C20H29NO2/c1-22-12-13-23-11-10-18-14-19-8-5-9-20(15-18)21(19)16-17-6-3-2-4-7-17/h2-4,6-7,14,19-20H,5,8-13,15-16H2,1H3. The van der Waals surface area contributed by atoms with Crippen LogP contribution in [0, 0.1) is 0 Å². The molecular formula is C20H29NO2. The van der Waals surface area contributed by atoms with E-state index in [9.17, 15) is 0 Å². The lowest BCUT2D eigenvalue weighted by Gasteiger charge is -2.45. The van der Waals surface area contributed by atoms with Crippen molar-refractivity contribution in [3.8, 4) is 0 Å². The van der Waals surface area contributed by atoms with Gasteiger partial charge in [-0.2, -0.15) is 0 Å². The quantitative estimate of drug-likeness (QED) is 0.538. The molecule has 2 aliphatic heterocycles.